The molecule has 0 radical (unpaired) electrons. The zero-order valence-electron chi connectivity index (χ0n) is 12.2. The summed E-state index contributed by atoms with van der Waals surface area (Å²) in [5.41, 5.74) is 2.53. The number of hydrogen-bond donors (Lipinski definition) is 1. The van der Waals surface area contributed by atoms with Crippen LogP contribution in [-0.2, 0) is 6.54 Å². The molecule has 1 aliphatic carbocycles. The Morgan fingerprint density at radius 3 is 2.60 bits per heavy atom. The maximum atomic E-state index is 6.36. The third kappa shape index (κ3) is 3.27. The highest BCUT2D eigenvalue weighted by atomic mass is 35.5. The Kier molecular flexibility index (Phi) is 4.49. The summed E-state index contributed by atoms with van der Waals surface area (Å²) >= 11 is 6.36. The van der Waals surface area contributed by atoms with Crippen molar-refractivity contribution in [1.29, 1.82) is 0 Å². The number of rotatable bonds is 5. The highest BCUT2D eigenvalue weighted by Gasteiger charge is 2.27. The lowest BCUT2D eigenvalue weighted by Gasteiger charge is -2.37. The second-order valence-electron chi connectivity index (χ2n) is 6.00. The summed E-state index contributed by atoms with van der Waals surface area (Å²) in [5, 5.41) is 4.10. The smallest absolute Gasteiger partial charge is 0.0471 e. The number of nitrogens with one attached hydrogen (secondary N) is 1. The van der Waals surface area contributed by atoms with Crippen LogP contribution in [0.4, 0.5) is 5.69 Å². The van der Waals surface area contributed by atoms with Gasteiger partial charge in [-0.1, -0.05) is 17.7 Å². The third-order valence-corrected chi connectivity index (χ3v) is 4.73. The fraction of sp³-hybridized carbons (Fsp3) is 0.625. The van der Waals surface area contributed by atoms with Gasteiger partial charge in [0.25, 0.3) is 0 Å². The molecule has 1 heterocycles. The van der Waals surface area contributed by atoms with Crippen molar-refractivity contribution in [3.05, 3.63) is 28.8 Å². The van der Waals surface area contributed by atoms with E-state index < -0.39 is 0 Å². The molecule has 0 amide bonds. The molecule has 3 rings (SSSR count). The summed E-state index contributed by atoms with van der Waals surface area (Å²) < 4.78 is 0. The molecular formula is C16H24ClN3. The second-order valence-corrected chi connectivity index (χ2v) is 6.41. The average Bonchev–Trinajstić information content (AvgIpc) is 3.26. The highest BCUT2D eigenvalue weighted by molar-refractivity contribution is 6.31. The van der Waals surface area contributed by atoms with Crippen molar-refractivity contribution in [2.75, 3.05) is 44.7 Å². The van der Waals surface area contributed by atoms with Crippen LogP contribution in [0.2, 0.25) is 5.02 Å². The molecule has 1 N–H and O–H groups in total. The molecule has 1 saturated heterocycles. The summed E-state index contributed by atoms with van der Waals surface area (Å²) in [7, 11) is 1.97. The maximum absolute atomic E-state index is 6.36. The topological polar surface area (TPSA) is 18.5 Å². The first-order valence-electron chi connectivity index (χ1n) is 7.67. The van der Waals surface area contributed by atoms with E-state index in [9.17, 15) is 0 Å². The van der Waals surface area contributed by atoms with E-state index in [1.165, 1.54) is 43.7 Å². The van der Waals surface area contributed by atoms with E-state index in [0.717, 1.165) is 30.6 Å². The molecule has 110 valence electrons. The summed E-state index contributed by atoms with van der Waals surface area (Å²) in [6.45, 7) is 6.74. The van der Waals surface area contributed by atoms with Crippen molar-refractivity contribution in [2.45, 2.75) is 19.4 Å². The molecule has 0 aromatic heterocycles. The van der Waals surface area contributed by atoms with E-state index in [0.29, 0.717) is 0 Å². The minimum atomic E-state index is 0.831. The van der Waals surface area contributed by atoms with Gasteiger partial charge < -0.3 is 10.2 Å². The van der Waals surface area contributed by atoms with Crippen LogP contribution < -0.4 is 10.2 Å². The van der Waals surface area contributed by atoms with Crippen molar-refractivity contribution >= 4 is 17.3 Å². The molecule has 0 atom stereocenters. The van der Waals surface area contributed by atoms with E-state index >= 15 is 0 Å². The van der Waals surface area contributed by atoms with Gasteiger partial charge in [-0.3, -0.25) is 4.90 Å². The normalized spacial score (nSPS) is 20.4. The largest absolute Gasteiger partial charge is 0.369 e. The lowest BCUT2D eigenvalue weighted by atomic mass is 10.1. The number of halogens is 1. The van der Waals surface area contributed by atoms with Gasteiger partial charge in [0.15, 0.2) is 0 Å². The number of piperazine rings is 1. The summed E-state index contributed by atoms with van der Waals surface area (Å²) in [5.74, 6) is 0.993. The molecule has 20 heavy (non-hydrogen) atoms. The Labute approximate surface area is 126 Å². The van der Waals surface area contributed by atoms with Gasteiger partial charge in [-0.15, -0.1) is 0 Å². The van der Waals surface area contributed by atoms with E-state index in [-0.39, 0.29) is 0 Å². The number of nitrogens with zero attached hydrogens (tertiary/aromatic N) is 2. The molecule has 0 bridgehead atoms. The number of hydrogen-bond acceptors (Lipinski definition) is 3. The Morgan fingerprint density at radius 2 is 1.95 bits per heavy atom. The molecule has 0 unspecified atom stereocenters. The standard InChI is InChI=1S/C16H24ClN3/c1-18-11-14-15(17)3-2-4-16(14)20-9-7-19(8-10-20)12-13-5-6-13/h2-4,13,18H,5-12H2,1H3. The Morgan fingerprint density at radius 1 is 1.20 bits per heavy atom. The van der Waals surface area contributed by atoms with Crippen molar-refractivity contribution in [1.82, 2.24) is 10.2 Å². The van der Waals surface area contributed by atoms with Crippen LogP contribution in [0.3, 0.4) is 0 Å². The van der Waals surface area contributed by atoms with E-state index in [2.05, 4.69) is 27.2 Å². The number of anilines is 1. The lowest BCUT2D eigenvalue weighted by molar-refractivity contribution is 0.248. The van der Waals surface area contributed by atoms with Gasteiger partial charge in [0.1, 0.15) is 0 Å². The quantitative estimate of drug-likeness (QED) is 0.900. The minimum Gasteiger partial charge on any atom is -0.369 e. The van der Waals surface area contributed by atoms with Gasteiger partial charge in [-0.25, -0.2) is 0 Å². The van der Waals surface area contributed by atoms with Gasteiger partial charge in [0.2, 0.25) is 0 Å². The van der Waals surface area contributed by atoms with Gasteiger partial charge >= 0.3 is 0 Å². The minimum absolute atomic E-state index is 0.831. The highest BCUT2D eigenvalue weighted by Crippen LogP contribution is 2.31. The van der Waals surface area contributed by atoms with E-state index in [4.69, 9.17) is 11.6 Å². The van der Waals surface area contributed by atoms with Gasteiger partial charge in [0.05, 0.1) is 0 Å². The van der Waals surface area contributed by atoms with Crippen molar-refractivity contribution < 1.29 is 0 Å². The summed E-state index contributed by atoms with van der Waals surface area (Å²) in [6.07, 6.45) is 2.89. The first kappa shape index (κ1) is 14.2. The Hall–Kier alpha value is -0.770. The van der Waals surface area contributed by atoms with Crippen LogP contribution in [0.1, 0.15) is 18.4 Å². The summed E-state index contributed by atoms with van der Waals surface area (Å²) in [6, 6.07) is 6.25. The third-order valence-electron chi connectivity index (χ3n) is 4.37. The van der Waals surface area contributed by atoms with Crippen molar-refractivity contribution in [3.8, 4) is 0 Å². The second kappa shape index (κ2) is 6.33. The monoisotopic (exact) mass is 293 g/mol. The van der Waals surface area contributed by atoms with Crippen LogP contribution in [0, 0.1) is 5.92 Å². The molecular weight excluding hydrogens is 270 g/mol. The lowest BCUT2D eigenvalue weighted by Crippen LogP contribution is -2.47. The van der Waals surface area contributed by atoms with Crippen LogP contribution in [-0.4, -0.2) is 44.7 Å². The van der Waals surface area contributed by atoms with Crippen molar-refractivity contribution in [2.24, 2.45) is 5.92 Å². The first-order valence-corrected chi connectivity index (χ1v) is 8.05. The van der Waals surface area contributed by atoms with Crippen LogP contribution in [0.5, 0.6) is 0 Å². The summed E-state index contributed by atoms with van der Waals surface area (Å²) in [4.78, 5) is 5.11. The molecule has 1 saturated carbocycles. The van der Waals surface area contributed by atoms with E-state index in [1.807, 2.05) is 13.1 Å². The Bertz CT molecular complexity index is 451. The fourth-order valence-electron chi connectivity index (χ4n) is 3.03. The van der Waals surface area contributed by atoms with Crippen LogP contribution >= 0.6 is 11.6 Å². The molecule has 1 aromatic carbocycles. The predicted octanol–water partition coefficient (Wildman–Crippen LogP) is 2.59. The molecule has 4 heteroatoms. The fourth-order valence-corrected chi connectivity index (χ4v) is 3.27. The van der Waals surface area contributed by atoms with Crippen molar-refractivity contribution in [3.63, 3.8) is 0 Å². The van der Waals surface area contributed by atoms with Crippen LogP contribution in [0.25, 0.3) is 0 Å². The predicted molar refractivity (Wildman–Crippen MR) is 85.6 cm³/mol. The zero-order valence-corrected chi connectivity index (χ0v) is 13.0. The first-order chi connectivity index (χ1) is 9.78. The maximum Gasteiger partial charge on any atom is 0.0471 e. The molecule has 2 aliphatic rings. The number of benzene rings is 1. The SMILES string of the molecule is CNCc1c(Cl)cccc1N1CCN(CC2CC2)CC1. The molecule has 3 nitrogen and oxygen atoms in total. The van der Waals surface area contributed by atoms with Gasteiger partial charge in [0, 0.05) is 55.5 Å². The molecule has 0 spiro atoms. The molecule has 1 aromatic rings. The van der Waals surface area contributed by atoms with Crippen LogP contribution in [0.15, 0.2) is 18.2 Å². The molecule has 2 fully saturated rings. The van der Waals surface area contributed by atoms with Gasteiger partial charge in [-0.05, 0) is 37.9 Å². The van der Waals surface area contributed by atoms with E-state index in [1.54, 1.807) is 0 Å². The van der Waals surface area contributed by atoms with Gasteiger partial charge in [-0.2, -0.15) is 0 Å². The molecule has 1 aliphatic heterocycles. The zero-order chi connectivity index (χ0) is 13.9. The Balaban J connectivity index is 1.66. The average molecular weight is 294 g/mol.